The van der Waals surface area contributed by atoms with E-state index in [2.05, 4.69) is 4.89 Å². The molecule has 0 bridgehead atoms. The fraction of sp³-hybridized carbons (Fsp3) is 0.375. The Balaban J connectivity index is 2.42. The van der Waals surface area contributed by atoms with E-state index in [9.17, 15) is 15.0 Å². The van der Waals surface area contributed by atoms with Crippen molar-refractivity contribution in [3.63, 3.8) is 0 Å². The first kappa shape index (κ1) is 10.4. The van der Waals surface area contributed by atoms with Gasteiger partial charge in [-0.15, -0.1) is 0 Å². The molecule has 0 saturated carbocycles. The lowest BCUT2D eigenvalue weighted by Crippen LogP contribution is -2.03. The highest BCUT2D eigenvalue weighted by Crippen LogP contribution is 2.21. The van der Waals surface area contributed by atoms with E-state index in [1.165, 1.54) is 16.7 Å². The number of hydrogen-bond acceptors (Lipinski definition) is 5. The van der Waals surface area contributed by atoms with Crippen molar-refractivity contribution < 1.29 is 25.2 Å². The molecule has 78 valence electrons. The number of carbonyl (C=O) groups excluding carboxylic acids is 1. The third-order valence-corrected chi connectivity index (χ3v) is 1.80. The molecule has 0 fully saturated rings. The number of rotatable bonds is 4. The van der Waals surface area contributed by atoms with E-state index in [1.54, 1.807) is 0 Å². The summed E-state index contributed by atoms with van der Waals surface area (Å²) in [5.41, 5.74) is 0. The van der Waals surface area contributed by atoms with Crippen LogP contribution in [0.4, 0.5) is 0 Å². The van der Waals surface area contributed by atoms with Crippen LogP contribution in [-0.2, 0) is 16.2 Å². The maximum atomic E-state index is 10.5. The summed E-state index contributed by atoms with van der Waals surface area (Å²) in [6.45, 7) is 0.278. The molecule has 6 heteroatoms. The van der Waals surface area contributed by atoms with Crippen molar-refractivity contribution in [2.24, 2.45) is 0 Å². The normalized spacial score (nSPS) is 10.1. The molecule has 1 heterocycles. The molecule has 0 spiro atoms. The van der Waals surface area contributed by atoms with E-state index in [0.717, 1.165) is 0 Å². The highest BCUT2D eigenvalue weighted by Gasteiger charge is 2.07. The average Bonchev–Trinajstić information content (AvgIpc) is 2.48. The second-order valence-corrected chi connectivity index (χ2v) is 2.77. The Morgan fingerprint density at radius 1 is 1.36 bits per heavy atom. The average molecular weight is 201 g/mol. The molecule has 6 nitrogen and oxygen atoms in total. The summed E-state index contributed by atoms with van der Waals surface area (Å²) in [4.78, 5) is 14.0. The lowest BCUT2D eigenvalue weighted by Gasteiger charge is -2.04. The van der Waals surface area contributed by atoms with E-state index in [-0.39, 0.29) is 24.7 Å². The summed E-state index contributed by atoms with van der Waals surface area (Å²) in [5, 5.41) is 26.3. The first-order valence-corrected chi connectivity index (χ1v) is 4.07. The number of carbonyl (C=O) groups is 1. The molecule has 0 aromatic carbocycles. The van der Waals surface area contributed by atoms with Gasteiger partial charge in [-0.2, -0.15) is 5.26 Å². The maximum absolute atomic E-state index is 10.5. The van der Waals surface area contributed by atoms with Gasteiger partial charge in [-0.3, -0.25) is 4.57 Å². The minimum absolute atomic E-state index is 0.0214. The van der Waals surface area contributed by atoms with E-state index < -0.39 is 5.97 Å². The van der Waals surface area contributed by atoms with Crippen LogP contribution in [0.25, 0.3) is 0 Å². The predicted octanol–water partition coefficient (Wildman–Crippen LogP) is 0.696. The molecule has 3 N–H and O–H groups in total. The summed E-state index contributed by atoms with van der Waals surface area (Å²) in [7, 11) is 0. The first-order chi connectivity index (χ1) is 6.65. The van der Waals surface area contributed by atoms with Gasteiger partial charge in [0.25, 0.3) is 0 Å². The van der Waals surface area contributed by atoms with Gasteiger partial charge in [0, 0.05) is 18.7 Å². The quantitative estimate of drug-likeness (QED) is 0.492. The third kappa shape index (κ3) is 2.40. The number of nitrogens with zero attached hydrogens (tertiary/aromatic N) is 1. The monoisotopic (exact) mass is 201 g/mol. The molecule has 0 saturated heterocycles. The molecule has 1 aromatic rings. The minimum atomic E-state index is -0.740. The van der Waals surface area contributed by atoms with Crippen LogP contribution in [0.2, 0.25) is 0 Å². The third-order valence-electron chi connectivity index (χ3n) is 1.80. The van der Waals surface area contributed by atoms with Crippen molar-refractivity contribution in [3.8, 4) is 11.8 Å². The Morgan fingerprint density at radius 3 is 2.43 bits per heavy atom. The molecule has 0 radical (unpaired) electrons. The fourth-order valence-electron chi connectivity index (χ4n) is 1.10. The van der Waals surface area contributed by atoms with Gasteiger partial charge in [0.15, 0.2) is 11.8 Å². The molecular weight excluding hydrogens is 190 g/mol. The highest BCUT2D eigenvalue weighted by atomic mass is 17.1. The van der Waals surface area contributed by atoms with Crippen LogP contribution >= 0.6 is 0 Å². The van der Waals surface area contributed by atoms with Crippen molar-refractivity contribution in [1.29, 1.82) is 0 Å². The van der Waals surface area contributed by atoms with Crippen LogP contribution in [0.5, 0.6) is 11.8 Å². The van der Waals surface area contributed by atoms with E-state index >= 15 is 0 Å². The molecule has 0 amide bonds. The summed E-state index contributed by atoms with van der Waals surface area (Å²) in [5.74, 6) is -0.879. The molecular formula is C8H11NO5. The van der Waals surface area contributed by atoms with E-state index in [0.29, 0.717) is 6.42 Å². The zero-order valence-electron chi connectivity index (χ0n) is 7.38. The van der Waals surface area contributed by atoms with Gasteiger partial charge < -0.3 is 15.1 Å². The molecule has 0 aliphatic rings. The zero-order valence-corrected chi connectivity index (χ0v) is 7.38. The Labute approximate surface area is 79.9 Å². The summed E-state index contributed by atoms with van der Waals surface area (Å²) < 4.78 is 1.24. The lowest BCUT2D eigenvalue weighted by atomic mass is 10.3. The van der Waals surface area contributed by atoms with Crippen molar-refractivity contribution in [2.75, 3.05) is 0 Å². The van der Waals surface area contributed by atoms with Crippen molar-refractivity contribution in [2.45, 2.75) is 19.4 Å². The lowest BCUT2D eigenvalue weighted by molar-refractivity contribution is -0.234. The van der Waals surface area contributed by atoms with E-state index in [4.69, 9.17) is 5.26 Å². The second-order valence-electron chi connectivity index (χ2n) is 2.77. The Kier molecular flexibility index (Phi) is 3.35. The van der Waals surface area contributed by atoms with Crippen molar-refractivity contribution in [1.82, 2.24) is 4.57 Å². The highest BCUT2D eigenvalue weighted by molar-refractivity contribution is 5.68. The van der Waals surface area contributed by atoms with Crippen LogP contribution in [0.3, 0.4) is 0 Å². The zero-order chi connectivity index (χ0) is 10.6. The minimum Gasteiger partial charge on any atom is -0.494 e. The van der Waals surface area contributed by atoms with Gasteiger partial charge in [0.1, 0.15) is 0 Å². The first-order valence-electron chi connectivity index (χ1n) is 4.07. The van der Waals surface area contributed by atoms with Crippen LogP contribution < -0.4 is 0 Å². The maximum Gasteiger partial charge on any atom is 0.342 e. The fourth-order valence-corrected chi connectivity index (χ4v) is 1.10. The summed E-state index contributed by atoms with van der Waals surface area (Å²) in [6, 6.07) is 2.69. The Bertz CT molecular complexity index is 300. The van der Waals surface area contributed by atoms with Gasteiger partial charge >= 0.3 is 5.97 Å². The molecule has 1 aromatic heterocycles. The van der Waals surface area contributed by atoms with Gasteiger partial charge in [0.05, 0.1) is 6.42 Å². The van der Waals surface area contributed by atoms with E-state index in [1.807, 2.05) is 0 Å². The number of hydrogen-bond donors (Lipinski definition) is 3. The van der Waals surface area contributed by atoms with Crippen LogP contribution in [0.15, 0.2) is 12.1 Å². The molecule has 0 aliphatic heterocycles. The van der Waals surface area contributed by atoms with Gasteiger partial charge in [-0.1, -0.05) is 0 Å². The second kappa shape index (κ2) is 4.52. The van der Waals surface area contributed by atoms with Crippen LogP contribution in [0, 0.1) is 0 Å². The smallest absolute Gasteiger partial charge is 0.342 e. The molecule has 14 heavy (non-hydrogen) atoms. The standard InChI is InChI=1S/C8H11NO5/c10-6-3-4-7(11)9(6)5-1-2-8(12)14-13/h3-4,10-11,13H,1-2,5H2. The topological polar surface area (TPSA) is 91.9 Å². The Hall–Kier alpha value is -1.69. The Morgan fingerprint density at radius 2 is 1.93 bits per heavy atom. The molecule has 1 rings (SSSR count). The predicted molar refractivity (Wildman–Crippen MR) is 45.7 cm³/mol. The molecule has 0 unspecified atom stereocenters. The van der Waals surface area contributed by atoms with Gasteiger partial charge in [-0.25, -0.2) is 4.79 Å². The van der Waals surface area contributed by atoms with Gasteiger partial charge in [-0.05, 0) is 6.42 Å². The molecule has 0 atom stereocenters. The SMILES string of the molecule is O=C(CCCn1c(O)ccc1O)OO. The summed E-state index contributed by atoms with van der Waals surface area (Å²) >= 11 is 0. The largest absolute Gasteiger partial charge is 0.494 e. The van der Waals surface area contributed by atoms with Crippen molar-refractivity contribution in [3.05, 3.63) is 12.1 Å². The van der Waals surface area contributed by atoms with Crippen LogP contribution in [0.1, 0.15) is 12.8 Å². The summed E-state index contributed by atoms with van der Waals surface area (Å²) in [6.07, 6.45) is 0.378. The number of aromatic hydroxyl groups is 2. The molecule has 0 aliphatic carbocycles. The number of aromatic nitrogens is 1. The van der Waals surface area contributed by atoms with Gasteiger partial charge in [0.2, 0.25) is 0 Å². The van der Waals surface area contributed by atoms with Crippen LogP contribution in [-0.4, -0.2) is 26.0 Å². The van der Waals surface area contributed by atoms with Crippen molar-refractivity contribution >= 4 is 5.97 Å².